The zero-order valence-corrected chi connectivity index (χ0v) is 14.8. The fraction of sp³-hybridized carbons (Fsp3) is 0.316. The van der Waals surface area contributed by atoms with E-state index >= 15 is 0 Å². The Balaban J connectivity index is 1.84. The molecule has 0 atom stereocenters. The molecule has 2 aromatic rings. The lowest BCUT2D eigenvalue weighted by Crippen LogP contribution is -2.15. The van der Waals surface area contributed by atoms with Crippen LogP contribution in [-0.4, -0.2) is 19.6 Å². The molecule has 27 heavy (non-hydrogen) atoms. The Morgan fingerprint density at radius 2 is 1.78 bits per heavy atom. The zero-order valence-electron chi connectivity index (χ0n) is 14.8. The Morgan fingerprint density at radius 1 is 1.11 bits per heavy atom. The Kier molecular flexibility index (Phi) is 7.06. The van der Waals surface area contributed by atoms with Crippen LogP contribution in [0.2, 0.25) is 0 Å². The van der Waals surface area contributed by atoms with Crippen LogP contribution < -0.4 is 20.5 Å². The quantitative estimate of drug-likeness (QED) is 0.678. The Morgan fingerprint density at radius 3 is 2.37 bits per heavy atom. The number of hydrogen-bond acceptors (Lipinski definition) is 4. The van der Waals surface area contributed by atoms with E-state index in [1.54, 1.807) is 31.4 Å². The number of nitrogens with two attached hydrogens (primary N) is 1. The van der Waals surface area contributed by atoms with E-state index in [2.05, 4.69) is 5.32 Å². The monoisotopic (exact) mass is 382 g/mol. The molecule has 5 nitrogen and oxygen atoms in total. The Labute approximate surface area is 155 Å². The van der Waals surface area contributed by atoms with Gasteiger partial charge in [-0.15, -0.1) is 0 Å². The van der Waals surface area contributed by atoms with E-state index in [4.69, 9.17) is 15.2 Å². The van der Waals surface area contributed by atoms with E-state index in [0.29, 0.717) is 30.1 Å². The topological polar surface area (TPSA) is 73.6 Å². The largest absolute Gasteiger partial charge is 0.497 e. The van der Waals surface area contributed by atoms with Gasteiger partial charge in [-0.05, 0) is 54.4 Å². The second kappa shape index (κ2) is 9.27. The number of hydrogen-bond donors (Lipinski definition) is 2. The fourth-order valence-corrected chi connectivity index (χ4v) is 2.36. The van der Waals surface area contributed by atoms with Crippen LogP contribution in [0.5, 0.6) is 11.5 Å². The summed E-state index contributed by atoms with van der Waals surface area (Å²) >= 11 is 0. The van der Waals surface area contributed by atoms with E-state index in [-0.39, 0.29) is 18.7 Å². The summed E-state index contributed by atoms with van der Waals surface area (Å²) in [5, 5.41) is 2.48. The second-order valence-electron chi connectivity index (χ2n) is 5.80. The first-order chi connectivity index (χ1) is 12.8. The molecule has 0 spiro atoms. The predicted molar refractivity (Wildman–Crippen MR) is 95.7 cm³/mol. The molecule has 0 aromatic heterocycles. The van der Waals surface area contributed by atoms with Gasteiger partial charge in [-0.1, -0.05) is 0 Å². The molecule has 0 saturated heterocycles. The van der Waals surface area contributed by atoms with Gasteiger partial charge >= 0.3 is 6.18 Å². The van der Waals surface area contributed by atoms with Crippen molar-refractivity contribution in [3.05, 3.63) is 53.6 Å². The number of anilines is 1. The maximum atomic E-state index is 12.9. The maximum Gasteiger partial charge on any atom is 0.416 e. The average molecular weight is 382 g/mol. The number of methoxy groups -OCH3 is 1. The number of halogens is 3. The molecule has 0 saturated carbocycles. The van der Waals surface area contributed by atoms with Crippen LogP contribution in [0.15, 0.2) is 42.5 Å². The number of carbonyl (C=O) groups excluding carboxylic acids is 1. The SMILES string of the molecule is COc1ccc(OCCCC(=O)Nc2cc(CN)cc(C(F)(F)F)c2)cc1. The first kappa shape index (κ1) is 20.6. The first-order valence-electron chi connectivity index (χ1n) is 8.30. The molecule has 3 N–H and O–H groups in total. The number of amides is 1. The third-order valence-corrected chi connectivity index (χ3v) is 3.72. The molecule has 2 rings (SSSR count). The van der Waals surface area contributed by atoms with Gasteiger partial charge < -0.3 is 20.5 Å². The summed E-state index contributed by atoms with van der Waals surface area (Å²) in [7, 11) is 1.56. The third-order valence-electron chi connectivity index (χ3n) is 3.72. The predicted octanol–water partition coefficient (Wildman–Crippen LogP) is 3.97. The van der Waals surface area contributed by atoms with Gasteiger partial charge in [-0.2, -0.15) is 13.2 Å². The minimum atomic E-state index is -4.50. The third kappa shape index (κ3) is 6.49. The summed E-state index contributed by atoms with van der Waals surface area (Å²) in [4.78, 5) is 12.0. The molecule has 146 valence electrons. The summed E-state index contributed by atoms with van der Waals surface area (Å²) in [6.45, 7) is 0.249. The minimum Gasteiger partial charge on any atom is -0.497 e. The van der Waals surface area contributed by atoms with Gasteiger partial charge in [0.25, 0.3) is 0 Å². The lowest BCUT2D eigenvalue weighted by Gasteiger charge is -2.12. The number of rotatable bonds is 8. The van der Waals surface area contributed by atoms with Crippen LogP contribution in [0.3, 0.4) is 0 Å². The van der Waals surface area contributed by atoms with Crippen molar-refractivity contribution in [1.82, 2.24) is 0 Å². The molecular formula is C19H21F3N2O3. The summed E-state index contributed by atoms with van der Waals surface area (Å²) in [6.07, 6.45) is -3.97. The van der Waals surface area contributed by atoms with Gasteiger partial charge in [0, 0.05) is 18.7 Å². The number of ether oxygens (including phenoxy) is 2. The van der Waals surface area contributed by atoms with E-state index in [0.717, 1.165) is 12.1 Å². The molecule has 2 aromatic carbocycles. The molecule has 0 fully saturated rings. The Hall–Kier alpha value is -2.74. The normalized spacial score (nSPS) is 11.1. The molecule has 1 amide bonds. The van der Waals surface area contributed by atoms with Crippen molar-refractivity contribution in [1.29, 1.82) is 0 Å². The number of carbonyl (C=O) groups is 1. The van der Waals surface area contributed by atoms with Gasteiger partial charge in [0.05, 0.1) is 19.3 Å². The van der Waals surface area contributed by atoms with Gasteiger partial charge in [0.15, 0.2) is 0 Å². The van der Waals surface area contributed by atoms with E-state index in [1.165, 1.54) is 6.07 Å². The molecule has 0 heterocycles. The van der Waals surface area contributed by atoms with Crippen LogP contribution in [0.4, 0.5) is 18.9 Å². The molecule has 0 unspecified atom stereocenters. The highest BCUT2D eigenvalue weighted by Crippen LogP contribution is 2.32. The van der Waals surface area contributed by atoms with Gasteiger partial charge in [0.1, 0.15) is 11.5 Å². The first-order valence-corrected chi connectivity index (χ1v) is 8.30. The molecule has 0 radical (unpaired) electrons. The highest BCUT2D eigenvalue weighted by Gasteiger charge is 2.31. The highest BCUT2D eigenvalue weighted by atomic mass is 19.4. The van der Waals surface area contributed by atoms with E-state index < -0.39 is 17.6 Å². The van der Waals surface area contributed by atoms with Crippen molar-refractivity contribution >= 4 is 11.6 Å². The standard InChI is InChI=1S/C19H21F3N2O3/c1-26-16-4-6-17(7-5-16)27-8-2-3-18(25)24-15-10-13(12-23)9-14(11-15)19(20,21)22/h4-7,9-11H,2-3,8,12,23H2,1H3,(H,24,25). The zero-order chi connectivity index (χ0) is 19.9. The maximum absolute atomic E-state index is 12.9. The van der Waals surface area contributed by atoms with Crippen LogP contribution in [-0.2, 0) is 17.5 Å². The minimum absolute atomic E-state index is 0.0531. The van der Waals surface area contributed by atoms with Crippen LogP contribution in [0.25, 0.3) is 0 Å². The van der Waals surface area contributed by atoms with Gasteiger partial charge in [0.2, 0.25) is 5.91 Å². The molecule has 0 bridgehead atoms. The van der Waals surface area contributed by atoms with Crippen molar-refractivity contribution in [3.63, 3.8) is 0 Å². The van der Waals surface area contributed by atoms with E-state index in [9.17, 15) is 18.0 Å². The van der Waals surface area contributed by atoms with Crippen molar-refractivity contribution in [2.24, 2.45) is 5.73 Å². The molecular weight excluding hydrogens is 361 g/mol. The van der Waals surface area contributed by atoms with Crippen molar-refractivity contribution < 1.29 is 27.4 Å². The number of benzene rings is 2. The van der Waals surface area contributed by atoms with Crippen molar-refractivity contribution in [2.45, 2.75) is 25.6 Å². The van der Waals surface area contributed by atoms with E-state index in [1.807, 2.05) is 0 Å². The summed E-state index contributed by atoms with van der Waals surface area (Å²) < 4.78 is 49.3. The summed E-state index contributed by atoms with van der Waals surface area (Å²) in [6, 6.07) is 10.3. The average Bonchev–Trinajstić information content (AvgIpc) is 2.64. The molecule has 0 aliphatic carbocycles. The highest BCUT2D eigenvalue weighted by molar-refractivity contribution is 5.90. The number of nitrogens with one attached hydrogen (secondary N) is 1. The molecule has 0 aliphatic heterocycles. The van der Waals surface area contributed by atoms with Crippen LogP contribution in [0.1, 0.15) is 24.0 Å². The molecule has 0 aliphatic rings. The summed E-state index contributed by atoms with van der Waals surface area (Å²) in [5.41, 5.74) is 4.95. The van der Waals surface area contributed by atoms with Crippen molar-refractivity contribution in [3.8, 4) is 11.5 Å². The van der Waals surface area contributed by atoms with Crippen molar-refractivity contribution in [2.75, 3.05) is 19.0 Å². The lowest BCUT2D eigenvalue weighted by atomic mass is 10.1. The Bertz CT molecular complexity index is 762. The lowest BCUT2D eigenvalue weighted by molar-refractivity contribution is -0.137. The van der Waals surface area contributed by atoms with Gasteiger partial charge in [-0.3, -0.25) is 4.79 Å². The molecule has 8 heteroatoms. The summed E-state index contributed by atoms with van der Waals surface area (Å²) in [5.74, 6) is 0.956. The second-order valence-corrected chi connectivity index (χ2v) is 5.80. The van der Waals surface area contributed by atoms with Crippen LogP contribution in [0, 0.1) is 0 Å². The smallest absolute Gasteiger partial charge is 0.416 e. The fourth-order valence-electron chi connectivity index (χ4n) is 2.36. The van der Waals surface area contributed by atoms with Crippen LogP contribution >= 0.6 is 0 Å². The number of alkyl halides is 3. The van der Waals surface area contributed by atoms with Gasteiger partial charge in [-0.25, -0.2) is 0 Å².